The van der Waals surface area contributed by atoms with Crippen LogP contribution in [0.1, 0.15) is 35.6 Å². The lowest BCUT2D eigenvalue weighted by Crippen LogP contribution is -2.53. The molecule has 0 radical (unpaired) electrons. The van der Waals surface area contributed by atoms with Crippen molar-refractivity contribution in [1.29, 1.82) is 0 Å². The van der Waals surface area contributed by atoms with Gasteiger partial charge in [-0.05, 0) is 48.6 Å². The van der Waals surface area contributed by atoms with Crippen molar-refractivity contribution in [2.45, 2.75) is 46.2 Å². The first-order valence-electron chi connectivity index (χ1n) is 12.8. The first-order chi connectivity index (χ1) is 18.1. The topological polar surface area (TPSA) is 86.8 Å². The van der Waals surface area contributed by atoms with Crippen molar-refractivity contribution in [2.75, 3.05) is 23.7 Å². The Morgan fingerprint density at radius 1 is 0.868 bits per heavy atom. The number of sulfonamides is 1. The Kier molecular flexibility index (Phi) is 10.1. The maximum Gasteiger partial charge on any atom is 0.244 e. The fourth-order valence-electron chi connectivity index (χ4n) is 4.33. The number of aryl methyl sites for hydroxylation is 2. The van der Waals surface area contributed by atoms with Gasteiger partial charge in [-0.3, -0.25) is 13.9 Å². The average Bonchev–Trinajstić information content (AvgIpc) is 2.89. The Morgan fingerprint density at radius 3 is 2.08 bits per heavy atom. The van der Waals surface area contributed by atoms with Crippen LogP contribution in [-0.4, -0.2) is 50.5 Å². The molecule has 0 fully saturated rings. The number of nitrogens with one attached hydrogen (secondary N) is 1. The van der Waals surface area contributed by atoms with Gasteiger partial charge in [0, 0.05) is 19.5 Å². The SMILES string of the molecule is CCCNC(=O)[C@@H](Cc1ccccc1)N(Cc1ccccc1C)C(=O)CN(c1ccccc1C)S(C)(=O)=O. The molecule has 0 aliphatic heterocycles. The number of para-hydroxylation sites is 1. The van der Waals surface area contributed by atoms with Crippen molar-refractivity contribution in [3.05, 3.63) is 101 Å². The Bertz CT molecular complexity index is 1340. The second-order valence-corrected chi connectivity index (χ2v) is 11.4. The highest BCUT2D eigenvalue weighted by Crippen LogP contribution is 2.24. The van der Waals surface area contributed by atoms with Crippen molar-refractivity contribution in [3.63, 3.8) is 0 Å². The van der Waals surface area contributed by atoms with Gasteiger partial charge in [0.25, 0.3) is 0 Å². The first kappa shape index (κ1) is 28.9. The van der Waals surface area contributed by atoms with E-state index in [0.29, 0.717) is 18.7 Å². The standard InChI is InChI=1S/C30H37N3O4S/c1-5-19-31-30(35)28(20-25-15-7-6-8-16-25)32(21-26-17-11-9-13-23(26)2)29(34)22-33(38(4,36)37)27-18-12-10-14-24(27)3/h6-18,28H,5,19-22H2,1-4H3,(H,31,35)/t28-/m1/s1. The van der Waals surface area contributed by atoms with Gasteiger partial charge in [0.2, 0.25) is 21.8 Å². The Labute approximate surface area is 226 Å². The quantitative estimate of drug-likeness (QED) is 0.376. The summed E-state index contributed by atoms with van der Waals surface area (Å²) in [6.07, 6.45) is 2.15. The highest BCUT2D eigenvalue weighted by molar-refractivity contribution is 7.92. The maximum atomic E-state index is 14.1. The molecule has 0 bridgehead atoms. The summed E-state index contributed by atoms with van der Waals surface area (Å²) in [5, 5.41) is 2.95. The Balaban J connectivity index is 2.06. The van der Waals surface area contributed by atoms with Crippen LogP contribution in [0.3, 0.4) is 0 Å². The molecule has 3 aromatic carbocycles. The molecular weight excluding hydrogens is 498 g/mol. The minimum Gasteiger partial charge on any atom is -0.354 e. The summed E-state index contributed by atoms with van der Waals surface area (Å²) in [6.45, 7) is 5.97. The molecule has 0 saturated heterocycles. The maximum absolute atomic E-state index is 14.1. The third-order valence-electron chi connectivity index (χ3n) is 6.49. The van der Waals surface area contributed by atoms with Crippen LogP contribution in [0.5, 0.6) is 0 Å². The van der Waals surface area contributed by atoms with E-state index in [2.05, 4.69) is 5.32 Å². The summed E-state index contributed by atoms with van der Waals surface area (Å²) >= 11 is 0. The minimum absolute atomic E-state index is 0.175. The summed E-state index contributed by atoms with van der Waals surface area (Å²) in [6, 6.07) is 23.5. The van der Waals surface area contributed by atoms with E-state index < -0.39 is 28.5 Å². The van der Waals surface area contributed by atoms with E-state index in [-0.39, 0.29) is 12.5 Å². The number of nitrogens with zero attached hydrogens (tertiary/aromatic N) is 2. The predicted molar refractivity (Wildman–Crippen MR) is 152 cm³/mol. The van der Waals surface area contributed by atoms with Crippen LogP contribution in [0.4, 0.5) is 5.69 Å². The zero-order chi connectivity index (χ0) is 27.7. The fourth-order valence-corrected chi connectivity index (χ4v) is 5.24. The third kappa shape index (κ3) is 7.68. The second-order valence-electron chi connectivity index (χ2n) is 9.50. The minimum atomic E-state index is -3.78. The summed E-state index contributed by atoms with van der Waals surface area (Å²) in [4.78, 5) is 29.1. The number of carbonyl (C=O) groups is 2. The van der Waals surface area contributed by atoms with Gasteiger partial charge in [-0.1, -0.05) is 79.7 Å². The van der Waals surface area contributed by atoms with Gasteiger partial charge in [0.1, 0.15) is 12.6 Å². The molecule has 0 aromatic heterocycles. The fraction of sp³-hybridized carbons (Fsp3) is 0.333. The van der Waals surface area contributed by atoms with Gasteiger partial charge < -0.3 is 10.2 Å². The number of benzene rings is 3. The summed E-state index contributed by atoms with van der Waals surface area (Å²) in [7, 11) is -3.78. The van der Waals surface area contributed by atoms with E-state index in [1.807, 2.05) is 74.5 Å². The van der Waals surface area contributed by atoms with Gasteiger partial charge in [0.05, 0.1) is 11.9 Å². The first-order valence-corrected chi connectivity index (χ1v) is 14.7. The molecule has 7 nitrogen and oxygen atoms in total. The van der Waals surface area contributed by atoms with Crippen molar-refractivity contribution in [2.24, 2.45) is 0 Å². The molecule has 8 heteroatoms. The zero-order valence-electron chi connectivity index (χ0n) is 22.6. The highest BCUT2D eigenvalue weighted by Gasteiger charge is 2.33. The van der Waals surface area contributed by atoms with Gasteiger partial charge in [-0.15, -0.1) is 0 Å². The molecule has 0 saturated carbocycles. The van der Waals surface area contributed by atoms with Crippen LogP contribution < -0.4 is 9.62 Å². The summed E-state index contributed by atoms with van der Waals surface area (Å²) in [5.41, 5.74) is 3.96. The van der Waals surface area contributed by atoms with E-state index in [1.165, 1.54) is 4.90 Å². The summed E-state index contributed by atoms with van der Waals surface area (Å²) in [5.74, 6) is -0.714. The number of hydrogen-bond donors (Lipinski definition) is 1. The monoisotopic (exact) mass is 535 g/mol. The average molecular weight is 536 g/mol. The third-order valence-corrected chi connectivity index (χ3v) is 7.61. The van der Waals surface area contributed by atoms with Gasteiger partial charge >= 0.3 is 0 Å². The van der Waals surface area contributed by atoms with Crippen LogP contribution in [0, 0.1) is 13.8 Å². The number of carbonyl (C=O) groups excluding carboxylic acids is 2. The lowest BCUT2D eigenvalue weighted by molar-refractivity contribution is -0.140. The van der Waals surface area contributed by atoms with Crippen molar-refractivity contribution in [3.8, 4) is 0 Å². The van der Waals surface area contributed by atoms with Crippen molar-refractivity contribution >= 4 is 27.5 Å². The normalized spacial score (nSPS) is 12.0. The smallest absolute Gasteiger partial charge is 0.244 e. The largest absolute Gasteiger partial charge is 0.354 e. The molecule has 1 atom stereocenters. The lowest BCUT2D eigenvalue weighted by Gasteiger charge is -2.34. The van der Waals surface area contributed by atoms with E-state index in [4.69, 9.17) is 0 Å². The number of hydrogen-bond acceptors (Lipinski definition) is 4. The lowest BCUT2D eigenvalue weighted by atomic mass is 10.0. The van der Waals surface area contributed by atoms with Crippen molar-refractivity contribution in [1.82, 2.24) is 10.2 Å². The Morgan fingerprint density at radius 2 is 1.47 bits per heavy atom. The Hall–Kier alpha value is -3.65. The summed E-state index contributed by atoms with van der Waals surface area (Å²) < 4.78 is 26.9. The van der Waals surface area contributed by atoms with Crippen LogP contribution in [0.15, 0.2) is 78.9 Å². The molecule has 1 N–H and O–H groups in total. The van der Waals surface area contributed by atoms with Crippen LogP contribution in [0.2, 0.25) is 0 Å². The molecule has 0 unspecified atom stereocenters. The molecule has 38 heavy (non-hydrogen) atoms. The van der Waals surface area contributed by atoms with Gasteiger partial charge in [-0.2, -0.15) is 0 Å². The van der Waals surface area contributed by atoms with Gasteiger partial charge in [-0.25, -0.2) is 8.42 Å². The van der Waals surface area contributed by atoms with E-state index in [9.17, 15) is 18.0 Å². The molecule has 0 heterocycles. The predicted octanol–water partition coefficient (Wildman–Crippen LogP) is 4.24. The van der Waals surface area contributed by atoms with E-state index >= 15 is 0 Å². The van der Waals surface area contributed by atoms with E-state index in [1.54, 1.807) is 25.1 Å². The molecular formula is C30H37N3O4S. The number of amides is 2. The van der Waals surface area contributed by atoms with Crippen LogP contribution >= 0.6 is 0 Å². The number of rotatable bonds is 12. The molecule has 0 aliphatic carbocycles. The molecule has 3 aromatic rings. The van der Waals surface area contributed by atoms with Crippen LogP contribution in [-0.2, 0) is 32.6 Å². The van der Waals surface area contributed by atoms with E-state index in [0.717, 1.165) is 39.2 Å². The van der Waals surface area contributed by atoms with Gasteiger partial charge in [0.15, 0.2) is 0 Å². The second kappa shape index (κ2) is 13.2. The highest BCUT2D eigenvalue weighted by atomic mass is 32.2. The molecule has 3 rings (SSSR count). The molecule has 2 amide bonds. The number of anilines is 1. The van der Waals surface area contributed by atoms with Crippen LogP contribution in [0.25, 0.3) is 0 Å². The molecule has 0 aliphatic rings. The molecule has 202 valence electrons. The zero-order valence-corrected chi connectivity index (χ0v) is 23.4. The van der Waals surface area contributed by atoms with Crippen molar-refractivity contribution < 1.29 is 18.0 Å². The molecule has 0 spiro atoms.